The summed E-state index contributed by atoms with van der Waals surface area (Å²) in [6.07, 6.45) is 4.89. The number of hydrogen-bond donors (Lipinski definition) is 2. The van der Waals surface area contributed by atoms with Crippen LogP contribution in [0.3, 0.4) is 0 Å². The van der Waals surface area contributed by atoms with Gasteiger partial charge in [0.05, 0.1) is 6.20 Å². The minimum absolute atomic E-state index is 0.169. The zero-order valence-electron chi connectivity index (χ0n) is 7.92. The highest BCUT2D eigenvalue weighted by molar-refractivity contribution is 7.80. The van der Waals surface area contributed by atoms with E-state index in [-0.39, 0.29) is 5.91 Å². The Kier molecular flexibility index (Phi) is 2.86. The highest BCUT2D eigenvalue weighted by Crippen LogP contribution is 2.05. The van der Waals surface area contributed by atoms with Gasteiger partial charge in [0, 0.05) is 24.7 Å². The molecule has 0 aliphatic carbocycles. The molecule has 0 saturated carbocycles. The first-order chi connectivity index (χ1) is 7.33. The van der Waals surface area contributed by atoms with Crippen molar-refractivity contribution in [2.45, 2.75) is 0 Å². The normalized spacial score (nSPS) is 10.5. The van der Waals surface area contributed by atoms with Crippen LogP contribution in [-0.4, -0.2) is 32.8 Å². The van der Waals surface area contributed by atoms with Gasteiger partial charge in [0.15, 0.2) is 5.65 Å². The number of rotatable bonds is 3. The second-order valence-corrected chi connectivity index (χ2v) is 3.37. The van der Waals surface area contributed by atoms with E-state index in [0.717, 1.165) is 0 Å². The van der Waals surface area contributed by atoms with Crippen molar-refractivity contribution in [3.63, 3.8) is 0 Å². The van der Waals surface area contributed by atoms with Gasteiger partial charge in [-0.15, -0.1) is 0 Å². The molecule has 0 aliphatic rings. The maximum absolute atomic E-state index is 11.6. The van der Waals surface area contributed by atoms with Gasteiger partial charge in [-0.25, -0.2) is 9.50 Å². The minimum atomic E-state index is -0.169. The zero-order chi connectivity index (χ0) is 10.7. The molecule has 0 aliphatic heterocycles. The summed E-state index contributed by atoms with van der Waals surface area (Å²) in [6.45, 7) is 0.534. The molecule has 0 atom stereocenters. The van der Waals surface area contributed by atoms with Crippen LogP contribution < -0.4 is 5.32 Å². The van der Waals surface area contributed by atoms with Crippen LogP contribution in [0.25, 0.3) is 5.65 Å². The highest BCUT2D eigenvalue weighted by Gasteiger charge is 2.12. The largest absolute Gasteiger partial charge is 0.351 e. The van der Waals surface area contributed by atoms with Crippen molar-refractivity contribution in [1.29, 1.82) is 0 Å². The topological polar surface area (TPSA) is 59.3 Å². The number of aromatic nitrogens is 3. The third-order valence-electron chi connectivity index (χ3n) is 1.92. The summed E-state index contributed by atoms with van der Waals surface area (Å²) in [5, 5.41) is 6.74. The van der Waals surface area contributed by atoms with Crippen LogP contribution in [-0.2, 0) is 0 Å². The lowest BCUT2D eigenvalue weighted by Crippen LogP contribution is -2.25. The molecule has 1 N–H and O–H groups in total. The number of nitrogens with zero attached hydrogens (tertiary/aromatic N) is 3. The summed E-state index contributed by atoms with van der Waals surface area (Å²) in [5.41, 5.74) is 1.05. The standard InChI is InChI=1S/C9H10N4OS/c14-9(11-3-5-15)7-6-12-13-4-1-2-10-8(7)13/h1-2,4,6,15H,3,5H2,(H,11,14). The second kappa shape index (κ2) is 4.31. The van der Waals surface area contributed by atoms with Gasteiger partial charge in [-0.1, -0.05) is 0 Å². The molecule has 15 heavy (non-hydrogen) atoms. The smallest absolute Gasteiger partial charge is 0.256 e. The number of fused-ring (bicyclic) bond motifs is 1. The summed E-state index contributed by atoms with van der Waals surface area (Å²) in [6, 6.07) is 1.76. The van der Waals surface area contributed by atoms with Crippen molar-refractivity contribution in [2.24, 2.45) is 0 Å². The number of carbonyl (C=O) groups is 1. The first kappa shape index (κ1) is 9.97. The fourth-order valence-electron chi connectivity index (χ4n) is 1.25. The maximum atomic E-state index is 11.6. The molecule has 0 unspecified atom stereocenters. The Balaban J connectivity index is 2.31. The molecule has 0 spiro atoms. The van der Waals surface area contributed by atoms with E-state index in [2.05, 4.69) is 28.0 Å². The van der Waals surface area contributed by atoms with Crippen LogP contribution in [0.5, 0.6) is 0 Å². The van der Waals surface area contributed by atoms with E-state index in [1.807, 2.05) is 0 Å². The molecule has 0 saturated heterocycles. The van der Waals surface area contributed by atoms with E-state index in [4.69, 9.17) is 0 Å². The van der Waals surface area contributed by atoms with Crippen LogP contribution in [0, 0.1) is 0 Å². The van der Waals surface area contributed by atoms with E-state index in [1.54, 1.807) is 23.0 Å². The Bertz CT molecular complexity index is 482. The van der Waals surface area contributed by atoms with Crippen LogP contribution in [0.15, 0.2) is 24.7 Å². The predicted octanol–water partition coefficient (Wildman–Crippen LogP) is 0.389. The van der Waals surface area contributed by atoms with Gasteiger partial charge in [-0.05, 0) is 6.07 Å². The van der Waals surface area contributed by atoms with E-state index in [0.29, 0.717) is 23.5 Å². The average molecular weight is 222 g/mol. The summed E-state index contributed by atoms with van der Waals surface area (Å²) in [7, 11) is 0. The lowest BCUT2D eigenvalue weighted by Gasteiger charge is -2.00. The average Bonchev–Trinajstić information content (AvgIpc) is 2.69. The molecule has 2 aromatic heterocycles. The molecule has 0 aromatic carbocycles. The van der Waals surface area contributed by atoms with Gasteiger partial charge >= 0.3 is 0 Å². The van der Waals surface area contributed by atoms with Gasteiger partial charge in [0.2, 0.25) is 0 Å². The molecule has 1 amide bonds. The Morgan fingerprint density at radius 2 is 2.47 bits per heavy atom. The molecule has 2 heterocycles. The number of thiol groups is 1. The Labute approximate surface area is 91.9 Å². The molecule has 5 nitrogen and oxygen atoms in total. The van der Waals surface area contributed by atoms with E-state index in [9.17, 15) is 4.79 Å². The Morgan fingerprint density at radius 3 is 3.27 bits per heavy atom. The van der Waals surface area contributed by atoms with Gasteiger partial charge < -0.3 is 5.32 Å². The van der Waals surface area contributed by atoms with Crippen LogP contribution in [0.4, 0.5) is 0 Å². The first-order valence-corrected chi connectivity index (χ1v) is 5.13. The van der Waals surface area contributed by atoms with Crippen molar-refractivity contribution in [2.75, 3.05) is 12.3 Å². The lowest BCUT2D eigenvalue weighted by molar-refractivity contribution is 0.0957. The monoisotopic (exact) mass is 222 g/mol. The fraction of sp³-hybridized carbons (Fsp3) is 0.222. The number of carbonyl (C=O) groups excluding carboxylic acids is 1. The van der Waals surface area contributed by atoms with Crippen molar-refractivity contribution in [1.82, 2.24) is 19.9 Å². The fourth-order valence-corrected chi connectivity index (χ4v) is 1.36. The molecule has 0 fully saturated rings. The maximum Gasteiger partial charge on any atom is 0.256 e. The van der Waals surface area contributed by atoms with Crippen molar-refractivity contribution in [3.8, 4) is 0 Å². The SMILES string of the molecule is O=C(NCCS)c1cnn2cccnc12. The molecule has 6 heteroatoms. The second-order valence-electron chi connectivity index (χ2n) is 2.93. The lowest BCUT2D eigenvalue weighted by atomic mass is 10.3. The van der Waals surface area contributed by atoms with Gasteiger partial charge in [0.1, 0.15) is 5.56 Å². The zero-order valence-corrected chi connectivity index (χ0v) is 8.82. The van der Waals surface area contributed by atoms with E-state index >= 15 is 0 Å². The molecule has 78 valence electrons. The number of nitrogens with one attached hydrogen (secondary N) is 1. The molecular formula is C9H10N4OS. The van der Waals surface area contributed by atoms with E-state index in [1.165, 1.54) is 6.20 Å². The first-order valence-electron chi connectivity index (χ1n) is 4.50. The van der Waals surface area contributed by atoms with Gasteiger partial charge in [-0.3, -0.25) is 4.79 Å². The molecule has 2 aromatic rings. The summed E-state index contributed by atoms with van der Waals surface area (Å²) in [4.78, 5) is 15.7. The van der Waals surface area contributed by atoms with Crippen molar-refractivity contribution in [3.05, 3.63) is 30.2 Å². The molecule has 0 bridgehead atoms. The quantitative estimate of drug-likeness (QED) is 0.738. The third kappa shape index (κ3) is 1.94. The molecule has 2 rings (SSSR count). The summed E-state index contributed by atoms with van der Waals surface area (Å²) in [5.74, 6) is 0.441. The third-order valence-corrected chi connectivity index (χ3v) is 2.14. The number of amides is 1. The molecular weight excluding hydrogens is 212 g/mol. The summed E-state index contributed by atoms with van der Waals surface area (Å²) < 4.78 is 1.57. The van der Waals surface area contributed by atoms with Crippen LogP contribution >= 0.6 is 12.6 Å². The summed E-state index contributed by atoms with van der Waals surface area (Å²) >= 11 is 4.01. The van der Waals surface area contributed by atoms with E-state index < -0.39 is 0 Å². The minimum Gasteiger partial charge on any atom is -0.351 e. The van der Waals surface area contributed by atoms with Crippen molar-refractivity contribution < 1.29 is 4.79 Å². The van der Waals surface area contributed by atoms with Crippen LogP contribution in [0.2, 0.25) is 0 Å². The van der Waals surface area contributed by atoms with Crippen LogP contribution in [0.1, 0.15) is 10.4 Å². The Morgan fingerprint density at radius 1 is 1.60 bits per heavy atom. The highest BCUT2D eigenvalue weighted by atomic mass is 32.1. The van der Waals surface area contributed by atoms with Gasteiger partial charge in [0.25, 0.3) is 5.91 Å². The Hall–Kier alpha value is -1.56. The number of hydrogen-bond acceptors (Lipinski definition) is 4. The predicted molar refractivity (Wildman–Crippen MR) is 59.2 cm³/mol. The van der Waals surface area contributed by atoms with Crippen molar-refractivity contribution >= 4 is 24.2 Å². The molecule has 0 radical (unpaired) electrons. The van der Waals surface area contributed by atoms with Gasteiger partial charge in [-0.2, -0.15) is 17.7 Å².